The maximum Gasteiger partial charge on any atom is 0.326 e. The Morgan fingerprint density at radius 1 is 1.14 bits per heavy atom. The molecule has 3 fully saturated rings. The fraction of sp³-hybridized carbons (Fsp3) is 0.800. The van der Waals surface area contributed by atoms with E-state index in [1.54, 1.807) is 11.8 Å². The molecule has 2 heterocycles. The Balaban J connectivity index is 1.72. The summed E-state index contributed by atoms with van der Waals surface area (Å²) >= 11 is 0. The minimum absolute atomic E-state index is 0.0215. The van der Waals surface area contributed by atoms with Crippen LogP contribution in [0.3, 0.4) is 0 Å². The average molecular weight is 294 g/mol. The number of hydrogen-bond donors (Lipinski definition) is 1. The lowest BCUT2D eigenvalue weighted by molar-refractivity contribution is -0.148. The number of amides is 2. The highest BCUT2D eigenvalue weighted by molar-refractivity contribution is 5.87. The second kappa shape index (κ2) is 5.00. The van der Waals surface area contributed by atoms with Gasteiger partial charge in [-0.3, -0.25) is 9.59 Å². The van der Waals surface area contributed by atoms with E-state index < -0.39 is 12.0 Å². The molecule has 1 aliphatic carbocycles. The maximum atomic E-state index is 12.3. The molecule has 3 aliphatic rings. The van der Waals surface area contributed by atoms with E-state index in [0.717, 1.165) is 25.7 Å². The van der Waals surface area contributed by atoms with Gasteiger partial charge in [-0.15, -0.1) is 0 Å². The van der Waals surface area contributed by atoms with E-state index in [9.17, 15) is 19.5 Å². The minimum Gasteiger partial charge on any atom is -0.480 e. The molecular weight excluding hydrogens is 272 g/mol. The van der Waals surface area contributed by atoms with Gasteiger partial charge in [0.1, 0.15) is 6.04 Å². The summed E-state index contributed by atoms with van der Waals surface area (Å²) < 4.78 is 0. The van der Waals surface area contributed by atoms with E-state index in [4.69, 9.17) is 0 Å². The highest BCUT2D eigenvalue weighted by Crippen LogP contribution is 2.45. The third kappa shape index (κ3) is 2.63. The lowest BCUT2D eigenvalue weighted by atomic mass is 9.76. The predicted molar refractivity (Wildman–Crippen MR) is 74.4 cm³/mol. The van der Waals surface area contributed by atoms with Crippen molar-refractivity contribution in [3.8, 4) is 0 Å². The second-order valence-electron chi connectivity index (χ2n) is 6.80. The number of aliphatic carboxylic acids is 1. The van der Waals surface area contributed by atoms with Crippen LogP contribution in [0.2, 0.25) is 0 Å². The van der Waals surface area contributed by atoms with Crippen LogP contribution in [0.1, 0.15) is 39.0 Å². The Bertz CT molecular complexity index is 478. The Labute approximate surface area is 124 Å². The van der Waals surface area contributed by atoms with Gasteiger partial charge in [0, 0.05) is 32.5 Å². The Morgan fingerprint density at radius 3 is 2.24 bits per heavy atom. The van der Waals surface area contributed by atoms with Gasteiger partial charge in [-0.05, 0) is 37.5 Å². The van der Waals surface area contributed by atoms with Crippen LogP contribution in [-0.4, -0.2) is 58.4 Å². The van der Waals surface area contributed by atoms with E-state index in [-0.39, 0.29) is 23.1 Å². The molecule has 1 spiro atoms. The van der Waals surface area contributed by atoms with Gasteiger partial charge in [0.15, 0.2) is 0 Å². The Kier molecular flexibility index (Phi) is 3.42. The van der Waals surface area contributed by atoms with Gasteiger partial charge >= 0.3 is 5.97 Å². The smallest absolute Gasteiger partial charge is 0.326 e. The molecule has 116 valence electrons. The highest BCUT2D eigenvalue weighted by Gasteiger charge is 2.51. The van der Waals surface area contributed by atoms with Gasteiger partial charge in [0.25, 0.3) is 0 Å². The first-order valence-electron chi connectivity index (χ1n) is 7.71. The van der Waals surface area contributed by atoms with Crippen LogP contribution in [0.4, 0.5) is 0 Å². The summed E-state index contributed by atoms with van der Waals surface area (Å²) in [5, 5.41) is 9.43. The summed E-state index contributed by atoms with van der Waals surface area (Å²) in [6.07, 6.45) is 3.92. The van der Waals surface area contributed by atoms with Gasteiger partial charge in [0.2, 0.25) is 11.8 Å². The van der Waals surface area contributed by atoms with E-state index in [0.29, 0.717) is 26.1 Å². The first-order chi connectivity index (χ1) is 9.92. The molecule has 2 amide bonds. The van der Waals surface area contributed by atoms with E-state index >= 15 is 0 Å². The molecule has 2 aliphatic heterocycles. The van der Waals surface area contributed by atoms with Crippen LogP contribution in [0, 0.1) is 11.3 Å². The molecule has 2 saturated heterocycles. The first-order valence-corrected chi connectivity index (χ1v) is 7.71. The number of hydrogen-bond acceptors (Lipinski definition) is 3. The van der Waals surface area contributed by atoms with Crippen molar-refractivity contribution in [2.24, 2.45) is 11.3 Å². The number of nitrogens with zero attached hydrogens (tertiary/aromatic N) is 2. The summed E-state index contributed by atoms with van der Waals surface area (Å²) in [5.74, 6) is -0.744. The Hall–Kier alpha value is -1.59. The van der Waals surface area contributed by atoms with Crippen molar-refractivity contribution in [1.82, 2.24) is 9.80 Å². The first kappa shape index (κ1) is 14.4. The zero-order valence-electron chi connectivity index (χ0n) is 12.4. The zero-order chi connectivity index (χ0) is 15.2. The molecule has 1 unspecified atom stereocenters. The van der Waals surface area contributed by atoms with Crippen molar-refractivity contribution >= 4 is 17.8 Å². The van der Waals surface area contributed by atoms with Crippen molar-refractivity contribution in [2.45, 2.75) is 45.1 Å². The molecule has 0 radical (unpaired) electrons. The van der Waals surface area contributed by atoms with Gasteiger partial charge in [-0.2, -0.15) is 0 Å². The summed E-state index contributed by atoms with van der Waals surface area (Å²) in [4.78, 5) is 38.6. The summed E-state index contributed by atoms with van der Waals surface area (Å²) in [5.41, 5.74) is -0.112. The molecule has 0 aromatic carbocycles. The number of carbonyl (C=O) groups is 3. The largest absolute Gasteiger partial charge is 0.480 e. The molecule has 0 aromatic rings. The number of carbonyl (C=O) groups excluding carboxylic acids is 2. The normalized spacial score (nSPS) is 28.0. The number of carboxylic acids is 1. The molecule has 1 N–H and O–H groups in total. The third-order valence-corrected chi connectivity index (χ3v) is 5.27. The standard InChI is InChI=1S/C15H22N2O4/c1-10(18)16-6-4-15(5-7-16)8-12(14(20)21)17(9-15)13(19)11-2-3-11/h11-12H,2-9H2,1H3,(H,20,21). The maximum absolute atomic E-state index is 12.3. The molecule has 0 bridgehead atoms. The van der Waals surface area contributed by atoms with Crippen LogP contribution in [-0.2, 0) is 14.4 Å². The van der Waals surface area contributed by atoms with Crippen molar-refractivity contribution in [1.29, 1.82) is 0 Å². The predicted octanol–water partition coefficient (Wildman–Crippen LogP) is 0.711. The van der Waals surface area contributed by atoms with Gasteiger partial charge in [-0.25, -0.2) is 4.79 Å². The van der Waals surface area contributed by atoms with E-state index in [1.165, 1.54) is 0 Å². The Morgan fingerprint density at radius 2 is 1.76 bits per heavy atom. The zero-order valence-corrected chi connectivity index (χ0v) is 12.4. The topological polar surface area (TPSA) is 77.9 Å². The number of likely N-dealkylation sites (tertiary alicyclic amines) is 2. The van der Waals surface area contributed by atoms with Crippen LogP contribution < -0.4 is 0 Å². The highest BCUT2D eigenvalue weighted by atomic mass is 16.4. The fourth-order valence-corrected chi connectivity index (χ4v) is 3.73. The van der Waals surface area contributed by atoms with Crippen LogP contribution >= 0.6 is 0 Å². The molecule has 1 atom stereocenters. The van der Waals surface area contributed by atoms with Crippen LogP contribution in [0.15, 0.2) is 0 Å². The van der Waals surface area contributed by atoms with E-state index in [2.05, 4.69) is 0 Å². The second-order valence-corrected chi connectivity index (χ2v) is 6.80. The lowest BCUT2D eigenvalue weighted by Crippen LogP contribution is -2.44. The number of carboxylic acid groups (broad SMARTS) is 1. The quantitative estimate of drug-likeness (QED) is 0.813. The number of rotatable bonds is 2. The molecule has 21 heavy (non-hydrogen) atoms. The monoisotopic (exact) mass is 294 g/mol. The molecule has 1 saturated carbocycles. The van der Waals surface area contributed by atoms with Crippen molar-refractivity contribution < 1.29 is 19.5 Å². The van der Waals surface area contributed by atoms with Gasteiger partial charge in [-0.1, -0.05) is 0 Å². The van der Waals surface area contributed by atoms with Crippen molar-refractivity contribution in [2.75, 3.05) is 19.6 Å². The van der Waals surface area contributed by atoms with Crippen molar-refractivity contribution in [3.05, 3.63) is 0 Å². The molecule has 3 rings (SSSR count). The molecule has 6 nitrogen and oxygen atoms in total. The third-order valence-electron chi connectivity index (χ3n) is 5.27. The van der Waals surface area contributed by atoms with Gasteiger partial charge < -0.3 is 14.9 Å². The molecule has 6 heteroatoms. The average Bonchev–Trinajstić information content (AvgIpc) is 3.22. The van der Waals surface area contributed by atoms with Gasteiger partial charge in [0.05, 0.1) is 0 Å². The fourth-order valence-electron chi connectivity index (χ4n) is 3.73. The summed E-state index contributed by atoms with van der Waals surface area (Å²) in [7, 11) is 0. The molecular formula is C15H22N2O4. The lowest BCUT2D eigenvalue weighted by Gasteiger charge is -2.38. The summed E-state index contributed by atoms with van der Waals surface area (Å²) in [6.45, 7) is 3.46. The van der Waals surface area contributed by atoms with Crippen LogP contribution in [0.25, 0.3) is 0 Å². The summed E-state index contributed by atoms with van der Waals surface area (Å²) in [6, 6.07) is -0.679. The minimum atomic E-state index is -0.894. The molecule has 0 aromatic heterocycles. The number of piperidine rings is 1. The van der Waals surface area contributed by atoms with E-state index in [1.807, 2.05) is 4.90 Å². The SMILES string of the molecule is CC(=O)N1CCC2(CC1)CC(C(=O)O)N(C(=O)C1CC1)C2. The van der Waals surface area contributed by atoms with Crippen molar-refractivity contribution in [3.63, 3.8) is 0 Å². The van der Waals surface area contributed by atoms with Crippen LogP contribution in [0.5, 0.6) is 0 Å².